The zero-order valence-electron chi connectivity index (χ0n) is 9.47. The Morgan fingerprint density at radius 2 is 2.06 bits per heavy atom. The van der Waals surface area contributed by atoms with Crippen molar-refractivity contribution in [2.24, 2.45) is 0 Å². The van der Waals surface area contributed by atoms with E-state index in [2.05, 4.69) is 54.3 Å². The van der Waals surface area contributed by atoms with Crippen molar-refractivity contribution in [3.63, 3.8) is 0 Å². The first-order chi connectivity index (χ1) is 7.86. The van der Waals surface area contributed by atoms with Gasteiger partial charge in [-0.05, 0) is 18.1 Å². The van der Waals surface area contributed by atoms with Gasteiger partial charge < -0.3 is 4.81 Å². The van der Waals surface area contributed by atoms with Gasteiger partial charge in [0, 0.05) is 12.2 Å². The number of nitrogens with zero attached hydrogens (tertiary/aromatic N) is 1. The Kier molecular flexibility index (Phi) is 3.30. The van der Waals surface area contributed by atoms with E-state index in [4.69, 9.17) is 0 Å². The third kappa shape index (κ3) is 1.96. The highest BCUT2D eigenvalue weighted by molar-refractivity contribution is 6.74. The minimum absolute atomic E-state index is 0.301. The van der Waals surface area contributed by atoms with E-state index in [0.29, 0.717) is 6.85 Å². The molecule has 0 unspecified atom stereocenters. The van der Waals surface area contributed by atoms with Gasteiger partial charge in [-0.25, -0.2) is 0 Å². The van der Waals surface area contributed by atoms with E-state index >= 15 is 0 Å². The molecule has 0 spiro atoms. The number of anilines is 1. The number of fused-ring (bicyclic) bond motifs is 1. The summed E-state index contributed by atoms with van der Waals surface area (Å²) >= 11 is 0. The highest BCUT2D eigenvalue weighted by atomic mass is 15.1. The molecule has 0 N–H and O–H groups in total. The predicted octanol–water partition coefficient (Wildman–Crippen LogP) is 3.35. The van der Waals surface area contributed by atoms with Crippen LogP contribution in [0.15, 0.2) is 55.5 Å². The van der Waals surface area contributed by atoms with Crippen LogP contribution in [0.1, 0.15) is 12.0 Å². The first-order valence-electron chi connectivity index (χ1n) is 5.64. The topological polar surface area (TPSA) is 3.24 Å². The zero-order chi connectivity index (χ0) is 11.4. The van der Waals surface area contributed by atoms with Crippen LogP contribution in [-0.4, -0.2) is 13.4 Å². The fourth-order valence-electron chi connectivity index (χ4n) is 2.06. The van der Waals surface area contributed by atoms with Crippen LogP contribution in [0.2, 0.25) is 0 Å². The molecular formula is C14H16BN. The molecule has 16 heavy (non-hydrogen) atoms. The smallest absolute Gasteiger partial charge is 0.307 e. The lowest BCUT2D eigenvalue weighted by atomic mass is 9.58. The molecule has 80 valence electrons. The Hall–Kier alpha value is -1.70. The molecule has 0 bridgehead atoms. The van der Waals surface area contributed by atoms with Crippen LogP contribution < -0.4 is 4.81 Å². The lowest BCUT2D eigenvalue weighted by Crippen LogP contribution is -2.39. The van der Waals surface area contributed by atoms with Gasteiger partial charge in [-0.1, -0.05) is 42.3 Å². The second-order valence-electron chi connectivity index (χ2n) is 3.91. The van der Waals surface area contributed by atoms with Crippen LogP contribution >= 0.6 is 0 Å². The number of hydrogen-bond acceptors (Lipinski definition) is 1. The molecule has 1 aromatic carbocycles. The highest BCUT2D eigenvalue weighted by Crippen LogP contribution is 2.27. The Labute approximate surface area is 97.9 Å². The van der Waals surface area contributed by atoms with Crippen molar-refractivity contribution in [1.82, 2.24) is 0 Å². The predicted molar refractivity (Wildman–Crippen MR) is 73.6 cm³/mol. The number of rotatable bonds is 4. The molecule has 0 aromatic heterocycles. The fraction of sp³-hybridized carbons (Fsp3) is 0.143. The summed E-state index contributed by atoms with van der Waals surface area (Å²) in [5, 5.41) is 0. The van der Waals surface area contributed by atoms with Crippen LogP contribution in [0.5, 0.6) is 0 Å². The third-order valence-electron chi connectivity index (χ3n) is 2.89. The SMILES string of the molecule is C=CCCN1B(C=C)C=Cc2ccccc21. The first kappa shape index (κ1) is 10.8. The molecular weight excluding hydrogens is 193 g/mol. The van der Waals surface area contributed by atoms with Gasteiger partial charge >= 0.3 is 6.85 Å². The second-order valence-corrected chi connectivity index (χ2v) is 3.91. The van der Waals surface area contributed by atoms with Gasteiger partial charge in [0.25, 0.3) is 0 Å². The van der Waals surface area contributed by atoms with Gasteiger partial charge in [-0.15, -0.1) is 13.2 Å². The summed E-state index contributed by atoms with van der Waals surface area (Å²) < 4.78 is 0. The van der Waals surface area contributed by atoms with Gasteiger partial charge in [0.2, 0.25) is 0 Å². The van der Waals surface area contributed by atoms with Gasteiger partial charge in [0.15, 0.2) is 0 Å². The van der Waals surface area contributed by atoms with E-state index < -0.39 is 0 Å². The Morgan fingerprint density at radius 3 is 2.81 bits per heavy atom. The molecule has 1 aromatic rings. The van der Waals surface area contributed by atoms with Gasteiger partial charge in [-0.2, -0.15) is 0 Å². The molecule has 0 amide bonds. The second kappa shape index (κ2) is 4.89. The normalized spacial score (nSPS) is 13.5. The molecule has 1 nitrogen and oxygen atoms in total. The maximum absolute atomic E-state index is 3.90. The van der Waals surface area contributed by atoms with Gasteiger partial charge in [-0.3, -0.25) is 0 Å². The molecule has 1 aliphatic heterocycles. The van der Waals surface area contributed by atoms with Crippen molar-refractivity contribution in [3.05, 3.63) is 61.0 Å². The van der Waals surface area contributed by atoms with E-state index in [1.807, 2.05) is 12.1 Å². The summed E-state index contributed by atoms with van der Waals surface area (Å²) in [6.07, 6.45) is 5.12. The molecule has 0 atom stereocenters. The summed E-state index contributed by atoms with van der Waals surface area (Å²) in [6.45, 7) is 8.97. The van der Waals surface area contributed by atoms with Crippen molar-refractivity contribution in [3.8, 4) is 0 Å². The summed E-state index contributed by atoms with van der Waals surface area (Å²) in [5.41, 5.74) is 2.57. The average Bonchev–Trinajstić information content (AvgIpc) is 2.35. The molecule has 2 rings (SSSR count). The molecule has 0 fully saturated rings. The highest BCUT2D eigenvalue weighted by Gasteiger charge is 2.22. The maximum Gasteiger partial charge on any atom is 0.307 e. The lowest BCUT2D eigenvalue weighted by molar-refractivity contribution is 0.979. The summed E-state index contributed by atoms with van der Waals surface area (Å²) in [4.78, 5) is 2.37. The molecule has 1 heterocycles. The van der Waals surface area contributed by atoms with Crippen LogP contribution in [-0.2, 0) is 0 Å². The lowest BCUT2D eigenvalue weighted by Gasteiger charge is -2.32. The maximum atomic E-state index is 3.90. The first-order valence-corrected chi connectivity index (χ1v) is 5.64. The average molecular weight is 209 g/mol. The van der Waals surface area contributed by atoms with E-state index in [0.717, 1.165) is 13.0 Å². The monoisotopic (exact) mass is 209 g/mol. The molecule has 0 saturated heterocycles. The summed E-state index contributed by atoms with van der Waals surface area (Å²) in [6, 6.07) is 8.46. The zero-order valence-corrected chi connectivity index (χ0v) is 9.47. The number of benzene rings is 1. The fourth-order valence-corrected chi connectivity index (χ4v) is 2.06. The standard InChI is InChI=1S/C14H16BN/c1-3-5-12-16-14-9-7-6-8-13(14)10-11-15(16)4-2/h3-4,6-11H,1-2,5,12H2. The molecule has 0 radical (unpaired) electrons. The van der Waals surface area contributed by atoms with E-state index in [9.17, 15) is 0 Å². The summed E-state index contributed by atoms with van der Waals surface area (Å²) in [5.74, 6) is 4.17. The van der Waals surface area contributed by atoms with Crippen LogP contribution in [0, 0.1) is 0 Å². The minimum atomic E-state index is 0.301. The van der Waals surface area contributed by atoms with Crippen molar-refractivity contribution in [1.29, 1.82) is 0 Å². The quantitative estimate of drug-likeness (QED) is 0.542. The molecule has 0 saturated carbocycles. The van der Waals surface area contributed by atoms with E-state index in [1.165, 1.54) is 11.3 Å². The van der Waals surface area contributed by atoms with Gasteiger partial charge in [0.05, 0.1) is 0 Å². The molecule has 2 heteroatoms. The third-order valence-corrected chi connectivity index (χ3v) is 2.89. The van der Waals surface area contributed by atoms with Gasteiger partial charge in [0.1, 0.15) is 0 Å². The number of para-hydroxylation sites is 1. The summed E-state index contributed by atoms with van der Waals surface area (Å²) in [7, 11) is 0. The molecule has 0 aliphatic carbocycles. The Morgan fingerprint density at radius 1 is 1.25 bits per heavy atom. The Balaban J connectivity index is 2.33. The van der Waals surface area contributed by atoms with E-state index in [-0.39, 0.29) is 0 Å². The molecule has 1 aliphatic rings. The van der Waals surface area contributed by atoms with Crippen LogP contribution in [0.3, 0.4) is 0 Å². The van der Waals surface area contributed by atoms with Crippen LogP contribution in [0.25, 0.3) is 6.08 Å². The van der Waals surface area contributed by atoms with Crippen molar-refractivity contribution in [2.75, 3.05) is 11.4 Å². The van der Waals surface area contributed by atoms with Crippen molar-refractivity contribution >= 4 is 18.6 Å². The van der Waals surface area contributed by atoms with Crippen molar-refractivity contribution < 1.29 is 0 Å². The van der Waals surface area contributed by atoms with Crippen molar-refractivity contribution in [2.45, 2.75) is 6.42 Å². The Bertz CT molecular complexity index is 422. The minimum Gasteiger partial charge on any atom is -0.407 e. The largest absolute Gasteiger partial charge is 0.407 e. The number of hydrogen-bond donors (Lipinski definition) is 0. The van der Waals surface area contributed by atoms with Crippen LogP contribution in [0.4, 0.5) is 5.69 Å². The van der Waals surface area contributed by atoms with E-state index in [1.54, 1.807) is 0 Å².